The molecule has 0 aliphatic carbocycles. The van der Waals surface area contributed by atoms with Gasteiger partial charge in [0.05, 0.1) is 0 Å². The summed E-state index contributed by atoms with van der Waals surface area (Å²) in [6.45, 7) is 4.33. The van der Waals surface area contributed by atoms with Gasteiger partial charge < -0.3 is 5.32 Å². The molecule has 0 radical (unpaired) electrons. The summed E-state index contributed by atoms with van der Waals surface area (Å²) in [4.78, 5) is 1.34. The van der Waals surface area contributed by atoms with Gasteiger partial charge in [-0.1, -0.05) is 6.92 Å². The van der Waals surface area contributed by atoms with Crippen LogP contribution in [-0.2, 0) is 0 Å². The molecule has 2 unspecified atom stereocenters. The SMILES string of the molecule is C#CCC(CC)NC(C)c1sccc1Br. The summed E-state index contributed by atoms with van der Waals surface area (Å²) < 4.78 is 1.18. The minimum absolute atomic E-state index is 0.359. The molecule has 82 valence electrons. The Morgan fingerprint density at radius 3 is 2.87 bits per heavy atom. The van der Waals surface area contributed by atoms with Crippen LogP contribution in [0.3, 0.4) is 0 Å². The van der Waals surface area contributed by atoms with E-state index in [1.54, 1.807) is 11.3 Å². The van der Waals surface area contributed by atoms with Gasteiger partial charge in [0.15, 0.2) is 0 Å². The number of terminal acetylenes is 1. The van der Waals surface area contributed by atoms with Crippen LogP contribution < -0.4 is 5.32 Å². The third-order valence-electron chi connectivity index (χ3n) is 2.38. The molecular weight excluding hydrogens is 270 g/mol. The molecule has 0 aromatic carbocycles. The molecule has 0 fully saturated rings. The first-order chi connectivity index (χ1) is 7.19. The van der Waals surface area contributed by atoms with Crippen LogP contribution in [-0.4, -0.2) is 6.04 Å². The molecule has 0 saturated heterocycles. The molecule has 0 saturated carbocycles. The van der Waals surface area contributed by atoms with E-state index < -0.39 is 0 Å². The molecule has 0 aliphatic rings. The van der Waals surface area contributed by atoms with Gasteiger partial charge in [-0.15, -0.1) is 23.7 Å². The predicted molar refractivity (Wildman–Crippen MR) is 71.1 cm³/mol. The van der Waals surface area contributed by atoms with Crippen molar-refractivity contribution in [1.82, 2.24) is 5.32 Å². The molecule has 1 rings (SSSR count). The van der Waals surface area contributed by atoms with Gasteiger partial charge in [-0.3, -0.25) is 0 Å². The third-order valence-corrected chi connectivity index (χ3v) is 4.43. The van der Waals surface area contributed by atoms with Gasteiger partial charge in [0.1, 0.15) is 0 Å². The highest BCUT2D eigenvalue weighted by molar-refractivity contribution is 9.10. The summed E-state index contributed by atoms with van der Waals surface area (Å²) in [7, 11) is 0. The van der Waals surface area contributed by atoms with Crippen molar-refractivity contribution in [3.63, 3.8) is 0 Å². The summed E-state index contributed by atoms with van der Waals surface area (Å²) in [5, 5.41) is 5.65. The molecule has 3 heteroatoms. The van der Waals surface area contributed by atoms with Crippen LogP contribution >= 0.6 is 27.3 Å². The topological polar surface area (TPSA) is 12.0 Å². The first-order valence-electron chi connectivity index (χ1n) is 5.11. The van der Waals surface area contributed by atoms with Gasteiger partial charge in [0.25, 0.3) is 0 Å². The van der Waals surface area contributed by atoms with Crippen molar-refractivity contribution in [2.24, 2.45) is 0 Å². The van der Waals surface area contributed by atoms with Crippen LogP contribution in [0.4, 0.5) is 0 Å². The molecule has 2 atom stereocenters. The summed E-state index contributed by atoms with van der Waals surface area (Å²) in [6, 6.07) is 2.86. The molecule has 0 bridgehead atoms. The Bertz CT molecular complexity index is 340. The van der Waals surface area contributed by atoms with E-state index in [1.807, 2.05) is 0 Å². The van der Waals surface area contributed by atoms with E-state index in [0.717, 1.165) is 12.8 Å². The molecule has 1 N–H and O–H groups in total. The highest BCUT2D eigenvalue weighted by Gasteiger charge is 2.14. The standard InChI is InChI=1S/C12H16BrNS/c1-4-6-10(5-2)14-9(3)12-11(13)7-8-15-12/h1,7-10,14H,5-6H2,2-3H3. The summed E-state index contributed by atoms with van der Waals surface area (Å²) >= 11 is 5.31. The lowest BCUT2D eigenvalue weighted by molar-refractivity contribution is 0.452. The number of hydrogen-bond donors (Lipinski definition) is 1. The van der Waals surface area contributed by atoms with Crippen molar-refractivity contribution in [3.05, 3.63) is 20.8 Å². The summed E-state index contributed by atoms with van der Waals surface area (Å²) in [5.74, 6) is 2.71. The molecule has 1 aromatic heterocycles. The van der Waals surface area contributed by atoms with Crippen LogP contribution in [0, 0.1) is 12.3 Å². The summed E-state index contributed by atoms with van der Waals surface area (Å²) in [6.07, 6.45) is 7.20. The van der Waals surface area contributed by atoms with Crippen molar-refractivity contribution in [3.8, 4) is 12.3 Å². The van der Waals surface area contributed by atoms with Gasteiger partial charge >= 0.3 is 0 Å². The number of rotatable bonds is 5. The van der Waals surface area contributed by atoms with E-state index in [9.17, 15) is 0 Å². The second-order valence-electron chi connectivity index (χ2n) is 3.53. The normalized spacial score (nSPS) is 14.5. The Hall–Kier alpha value is -0.300. The monoisotopic (exact) mass is 285 g/mol. The zero-order valence-corrected chi connectivity index (χ0v) is 11.5. The van der Waals surface area contributed by atoms with Gasteiger partial charge in [0, 0.05) is 27.9 Å². The van der Waals surface area contributed by atoms with Gasteiger partial charge in [0.2, 0.25) is 0 Å². The quantitative estimate of drug-likeness (QED) is 0.808. The Morgan fingerprint density at radius 2 is 2.40 bits per heavy atom. The molecule has 15 heavy (non-hydrogen) atoms. The van der Waals surface area contributed by atoms with Crippen LogP contribution in [0.5, 0.6) is 0 Å². The Labute approximate surface area is 104 Å². The van der Waals surface area contributed by atoms with E-state index in [4.69, 9.17) is 6.42 Å². The fourth-order valence-electron chi connectivity index (χ4n) is 1.51. The molecule has 1 nitrogen and oxygen atoms in total. The maximum absolute atomic E-state index is 5.33. The van der Waals surface area contributed by atoms with Crippen molar-refractivity contribution in [2.45, 2.75) is 38.8 Å². The van der Waals surface area contributed by atoms with E-state index in [-0.39, 0.29) is 0 Å². The Balaban J connectivity index is 2.59. The largest absolute Gasteiger partial charge is 0.306 e. The van der Waals surface area contributed by atoms with Crippen molar-refractivity contribution in [2.75, 3.05) is 0 Å². The lowest BCUT2D eigenvalue weighted by atomic mass is 10.1. The highest BCUT2D eigenvalue weighted by Crippen LogP contribution is 2.29. The lowest BCUT2D eigenvalue weighted by Crippen LogP contribution is -2.30. The van der Waals surface area contributed by atoms with Crippen LogP contribution in [0.1, 0.15) is 37.6 Å². The average molecular weight is 286 g/mol. The molecule has 0 amide bonds. The van der Waals surface area contributed by atoms with Crippen LogP contribution in [0.2, 0.25) is 0 Å². The van der Waals surface area contributed by atoms with Crippen LogP contribution in [0.15, 0.2) is 15.9 Å². The molecule has 0 spiro atoms. The summed E-state index contributed by atoms with van der Waals surface area (Å²) in [5.41, 5.74) is 0. The highest BCUT2D eigenvalue weighted by atomic mass is 79.9. The number of hydrogen-bond acceptors (Lipinski definition) is 2. The molecular formula is C12H16BrNS. The van der Waals surface area contributed by atoms with E-state index in [2.05, 4.69) is 52.5 Å². The van der Waals surface area contributed by atoms with Crippen molar-refractivity contribution in [1.29, 1.82) is 0 Å². The van der Waals surface area contributed by atoms with E-state index >= 15 is 0 Å². The maximum Gasteiger partial charge on any atom is 0.0399 e. The second kappa shape index (κ2) is 6.32. The zero-order chi connectivity index (χ0) is 11.3. The molecule has 1 aromatic rings. The number of nitrogens with one attached hydrogen (secondary N) is 1. The fraction of sp³-hybridized carbons (Fsp3) is 0.500. The Morgan fingerprint density at radius 1 is 1.67 bits per heavy atom. The average Bonchev–Trinajstić information content (AvgIpc) is 2.63. The second-order valence-corrected chi connectivity index (χ2v) is 5.34. The van der Waals surface area contributed by atoms with Crippen molar-refractivity contribution < 1.29 is 0 Å². The minimum atomic E-state index is 0.359. The fourth-order valence-corrected chi connectivity index (χ4v) is 3.24. The minimum Gasteiger partial charge on any atom is -0.306 e. The van der Waals surface area contributed by atoms with Gasteiger partial charge in [-0.05, 0) is 40.7 Å². The number of thiophene rings is 1. The smallest absolute Gasteiger partial charge is 0.0399 e. The zero-order valence-electron chi connectivity index (χ0n) is 9.09. The molecule has 1 heterocycles. The first-order valence-corrected chi connectivity index (χ1v) is 6.78. The van der Waals surface area contributed by atoms with E-state index in [1.165, 1.54) is 9.35 Å². The Kier molecular flexibility index (Phi) is 5.38. The number of halogens is 1. The van der Waals surface area contributed by atoms with Gasteiger partial charge in [-0.25, -0.2) is 0 Å². The third kappa shape index (κ3) is 3.64. The lowest BCUT2D eigenvalue weighted by Gasteiger charge is -2.20. The van der Waals surface area contributed by atoms with Crippen molar-refractivity contribution >= 4 is 27.3 Å². The van der Waals surface area contributed by atoms with E-state index in [0.29, 0.717) is 12.1 Å². The van der Waals surface area contributed by atoms with Crippen LogP contribution in [0.25, 0.3) is 0 Å². The first kappa shape index (κ1) is 12.8. The van der Waals surface area contributed by atoms with Gasteiger partial charge in [-0.2, -0.15) is 0 Å². The predicted octanol–water partition coefficient (Wildman–Crippen LogP) is 3.96. The maximum atomic E-state index is 5.33. The molecule has 0 aliphatic heterocycles.